The predicted octanol–water partition coefficient (Wildman–Crippen LogP) is 0.585. The standard InChI is InChI=1S/C11H22N2O/c1-12-11(5-4-10(14)8-11)9-13-6-2-3-7-13/h10,12,14H,2-9H2,1H3. The van der Waals surface area contributed by atoms with Gasteiger partial charge in [0, 0.05) is 12.1 Å². The molecule has 1 aliphatic carbocycles. The highest BCUT2D eigenvalue weighted by Gasteiger charge is 2.38. The molecule has 0 spiro atoms. The largest absolute Gasteiger partial charge is 0.393 e. The molecule has 2 unspecified atom stereocenters. The first-order chi connectivity index (χ1) is 6.74. The van der Waals surface area contributed by atoms with Crippen molar-refractivity contribution in [2.45, 2.75) is 43.7 Å². The Morgan fingerprint density at radius 2 is 2.14 bits per heavy atom. The molecule has 0 radical (unpaired) electrons. The minimum absolute atomic E-state index is 0.0787. The normalized spacial score (nSPS) is 39.4. The lowest BCUT2D eigenvalue weighted by Gasteiger charge is -2.33. The fourth-order valence-corrected chi connectivity index (χ4v) is 2.92. The molecule has 1 saturated heterocycles. The molecule has 82 valence electrons. The number of aliphatic hydroxyl groups is 1. The minimum Gasteiger partial charge on any atom is -0.393 e. The molecule has 1 aliphatic heterocycles. The van der Waals surface area contributed by atoms with Crippen LogP contribution in [-0.4, -0.2) is 48.3 Å². The van der Waals surface area contributed by atoms with Crippen LogP contribution in [0.3, 0.4) is 0 Å². The van der Waals surface area contributed by atoms with E-state index in [0.717, 1.165) is 25.8 Å². The van der Waals surface area contributed by atoms with Crippen LogP contribution < -0.4 is 5.32 Å². The van der Waals surface area contributed by atoms with Crippen molar-refractivity contribution in [1.29, 1.82) is 0 Å². The van der Waals surface area contributed by atoms with Crippen LogP contribution >= 0.6 is 0 Å². The molecule has 14 heavy (non-hydrogen) atoms. The van der Waals surface area contributed by atoms with Gasteiger partial charge in [-0.1, -0.05) is 0 Å². The Kier molecular flexibility index (Phi) is 3.10. The van der Waals surface area contributed by atoms with E-state index in [1.807, 2.05) is 7.05 Å². The van der Waals surface area contributed by atoms with E-state index < -0.39 is 0 Å². The van der Waals surface area contributed by atoms with Gasteiger partial charge in [0.05, 0.1) is 6.10 Å². The molecule has 0 bridgehead atoms. The summed E-state index contributed by atoms with van der Waals surface area (Å²) in [6.07, 6.45) is 5.64. The lowest BCUT2D eigenvalue weighted by Crippen LogP contribution is -2.50. The molecule has 2 rings (SSSR count). The molecule has 0 aromatic carbocycles. The number of rotatable bonds is 3. The van der Waals surface area contributed by atoms with Crippen molar-refractivity contribution >= 4 is 0 Å². The van der Waals surface area contributed by atoms with Gasteiger partial charge in [-0.25, -0.2) is 0 Å². The number of hydrogen-bond donors (Lipinski definition) is 2. The summed E-state index contributed by atoms with van der Waals surface area (Å²) < 4.78 is 0. The Hall–Kier alpha value is -0.120. The maximum absolute atomic E-state index is 9.61. The third kappa shape index (κ3) is 2.10. The highest BCUT2D eigenvalue weighted by atomic mass is 16.3. The predicted molar refractivity (Wildman–Crippen MR) is 57.3 cm³/mol. The van der Waals surface area contributed by atoms with Crippen LogP contribution in [-0.2, 0) is 0 Å². The van der Waals surface area contributed by atoms with Gasteiger partial charge >= 0.3 is 0 Å². The van der Waals surface area contributed by atoms with E-state index in [1.54, 1.807) is 0 Å². The summed E-state index contributed by atoms with van der Waals surface area (Å²) in [6, 6.07) is 0. The molecule has 0 aromatic heterocycles. The molecule has 2 atom stereocenters. The lowest BCUT2D eigenvalue weighted by atomic mass is 9.97. The van der Waals surface area contributed by atoms with Crippen molar-refractivity contribution in [2.75, 3.05) is 26.7 Å². The van der Waals surface area contributed by atoms with Crippen molar-refractivity contribution in [2.24, 2.45) is 0 Å². The second kappa shape index (κ2) is 4.17. The Morgan fingerprint density at radius 3 is 2.64 bits per heavy atom. The fraction of sp³-hybridized carbons (Fsp3) is 1.00. The number of likely N-dealkylation sites (tertiary alicyclic amines) is 1. The Bertz CT molecular complexity index is 192. The SMILES string of the molecule is CNC1(CN2CCCC2)CCC(O)C1. The van der Waals surface area contributed by atoms with Gasteiger partial charge < -0.3 is 15.3 Å². The molecule has 2 aliphatic rings. The van der Waals surface area contributed by atoms with Gasteiger partial charge in [0.25, 0.3) is 0 Å². The zero-order valence-electron chi connectivity index (χ0n) is 9.13. The monoisotopic (exact) mass is 198 g/mol. The van der Waals surface area contributed by atoms with Crippen molar-refractivity contribution in [3.8, 4) is 0 Å². The number of nitrogens with zero attached hydrogens (tertiary/aromatic N) is 1. The maximum Gasteiger partial charge on any atom is 0.0559 e. The van der Waals surface area contributed by atoms with Gasteiger partial charge in [-0.05, 0) is 52.2 Å². The van der Waals surface area contributed by atoms with Crippen molar-refractivity contribution < 1.29 is 5.11 Å². The first kappa shape index (κ1) is 10.4. The summed E-state index contributed by atoms with van der Waals surface area (Å²) in [7, 11) is 2.04. The molecule has 2 N–H and O–H groups in total. The van der Waals surface area contributed by atoms with Gasteiger partial charge in [0.2, 0.25) is 0 Å². The summed E-state index contributed by atoms with van der Waals surface area (Å²) in [5.74, 6) is 0. The second-order valence-corrected chi connectivity index (χ2v) is 4.91. The maximum atomic E-state index is 9.61. The quantitative estimate of drug-likeness (QED) is 0.696. The molecule has 2 fully saturated rings. The van der Waals surface area contributed by atoms with Crippen LogP contribution in [0.1, 0.15) is 32.1 Å². The van der Waals surface area contributed by atoms with Gasteiger partial charge in [-0.2, -0.15) is 0 Å². The molecule has 1 saturated carbocycles. The lowest BCUT2D eigenvalue weighted by molar-refractivity contribution is 0.154. The van der Waals surface area contributed by atoms with E-state index in [9.17, 15) is 5.11 Å². The molecule has 0 amide bonds. The van der Waals surface area contributed by atoms with E-state index in [2.05, 4.69) is 10.2 Å². The second-order valence-electron chi connectivity index (χ2n) is 4.91. The van der Waals surface area contributed by atoms with Crippen LogP contribution in [0.15, 0.2) is 0 Å². The molecule has 1 heterocycles. The van der Waals surface area contributed by atoms with E-state index in [1.165, 1.54) is 25.9 Å². The van der Waals surface area contributed by atoms with Gasteiger partial charge in [0.1, 0.15) is 0 Å². The van der Waals surface area contributed by atoms with Crippen molar-refractivity contribution in [1.82, 2.24) is 10.2 Å². The average molecular weight is 198 g/mol. The van der Waals surface area contributed by atoms with E-state index >= 15 is 0 Å². The first-order valence-electron chi connectivity index (χ1n) is 5.83. The van der Waals surface area contributed by atoms with E-state index in [4.69, 9.17) is 0 Å². The number of aliphatic hydroxyl groups excluding tert-OH is 1. The van der Waals surface area contributed by atoms with Gasteiger partial charge in [-0.15, -0.1) is 0 Å². The Balaban J connectivity index is 1.91. The molecule has 0 aromatic rings. The molecule has 3 heteroatoms. The zero-order valence-corrected chi connectivity index (χ0v) is 9.13. The minimum atomic E-state index is -0.0787. The van der Waals surface area contributed by atoms with Gasteiger partial charge in [0.15, 0.2) is 0 Å². The smallest absolute Gasteiger partial charge is 0.0559 e. The van der Waals surface area contributed by atoms with Crippen molar-refractivity contribution in [3.63, 3.8) is 0 Å². The fourth-order valence-electron chi connectivity index (χ4n) is 2.92. The Labute approximate surface area is 86.5 Å². The van der Waals surface area contributed by atoms with Crippen LogP contribution in [0.2, 0.25) is 0 Å². The molecular weight excluding hydrogens is 176 g/mol. The number of likely N-dealkylation sites (N-methyl/N-ethyl adjacent to an activating group) is 1. The average Bonchev–Trinajstić information content (AvgIpc) is 2.77. The van der Waals surface area contributed by atoms with Crippen LogP contribution in [0, 0.1) is 0 Å². The number of hydrogen-bond acceptors (Lipinski definition) is 3. The topological polar surface area (TPSA) is 35.5 Å². The highest BCUT2D eigenvalue weighted by molar-refractivity contribution is 4.98. The zero-order chi connectivity index (χ0) is 10.0. The molecular formula is C11H22N2O. The summed E-state index contributed by atoms with van der Waals surface area (Å²) in [5, 5.41) is 13.0. The van der Waals surface area contributed by atoms with Crippen molar-refractivity contribution in [3.05, 3.63) is 0 Å². The summed E-state index contributed by atoms with van der Waals surface area (Å²) in [4.78, 5) is 2.54. The third-order valence-electron chi connectivity index (χ3n) is 3.84. The van der Waals surface area contributed by atoms with Gasteiger partial charge in [-0.3, -0.25) is 0 Å². The van der Waals surface area contributed by atoms with Crippen LogP contribution in [0.25, 0.3) is 0 Å². The van der Waals surface area contributed by atoms with Crippen LogP contribution in [0.5, 0.6) is 0 Å². The summed E-state index contributed by atoms with van der Waals surface area (Å²) >= 11 is 0. The van der Waals surface area contributed by atoms with Crippen LogP contribution in [0.4, 0.5) is 0 Å². The third-order valence-corrected chi connectivity index (χ3v) is 3.84. The highest BCUT2D eigenvalue weighted by Crippen LogP contribution is 2.31. The van der Waals surface area contributed by atoms with E-state index in [0.29, 0.717) is 0 Å². The Morgan fingerprint density at radius 1 is 1.43 bits per heavy atom. The summed E-state index contributed by atoms with van der Waals surface area (Å²) in [6.45, 7) is 3.62. The molecule has 3 nitrogen and oxygen atoms in total. The number of nitrogens with one attached hydrogen (secondary N) is 1. The summed E-state index contributed by atoms with van der Waals surface area (Å²) in [5.41, 5.74) is 0.198. The first-order valence-corrected chi connectivity index (χ1v) is 5.83. The van der Waals surface area contributed by atoms with E-state index in [-0.39, 0.29) is 11.6 Å².